The number of carbonyl (C=O) groups excluding carboxylic acids is 1. The predicted octanol–water partition coefficient (Wildman–Crippen LogP) is 2.36. The van der Waals surface area contributed by atoms with Gasteiger partial charge in [0.15, 0.2) is 0 Å². The molecule has 0 heterocycles. The molecule has 3 atom stereocenters. The highest BCUT2D eigenvalue weighted by Gasteiger charge is 2.40. The average molecular weight is 276 g/mol. The molecule has 102 valence electrons. The number of hydrogen-bond donors (Lipinski definition) is 2. The van der Waals surface area contributed by atoms with Gasteiger partial charge in [0.05, 0.1) is 10.9 Å². The SMILES string of the molecule is CCCC(C(=O)NC1CC1c1ccccc1)C(N)=S. The molecular formula is C15H20N2OS. The number of thiocarbonyl (C=S) groups is 1. The molecular weight excluding hydrogens is 256 g/mol. The second-order valence-electron chi connectivity index (χ2n) is 5.11. The highest BCUT2D eigenvalue weighted by molar-refractivity contribution is 7.80. The van der Waals surface area contributed by atoms with Gasteiger partial charge < -0.3 is 11.1 Å². The minimum atomic E-state index is -0.322. The molecule has 1 aliphatic carbocycles. The third kappa shape index (κ3) is 3.53. The van der Waals surface area contributed by atoms with E-state index in [4.69, 9.17) is 18.0 Å². The summed E-state index contributed by atoms with van der Waals surface area (Å²) in [4.78, 5) is 12.4. The smallest absolute Gasteiger partial charge is 0.230 e. The summed E-state index contributed by atoms with van der Waals surface area (Å²) in [5, 5.41) is 3.06. The fourth-order valence-electron chi connectivity index (χ4n) is 2.40. The lowest BCUT2D eigenvalue weighted by Crippen LogP contribution is -2.39. The van der Waals surface area contributed by atoms with Gasteiger partial charge in [-0.2, -0.15) is 0 Å². The van der Waals surface area contributed by atoms with Gasteiger partial charge in [-0.15, -0.1) is 0 Å². The molecule has 1 aliphatic rings. The number of nitrogens with one attached hydrogen (secondary N) is 1. The van der Waals surface area contributed by atoms with Crippen LogP contribution in [0.3, 0.4) is 0 Å². The summed E-state index contributed by atoms with van der Waals surface area (Å²) >= 11 is 4.97. The molecule has 0 aromatic heterocycles. The summed E-state index contributed by atoms with van der Waals surface area (Å²) < 4.78 is 0. The third-order valence-electron chi connectivity index (χ3n) is 3.58. The molecule has 0 radical (unpaired) electrons. The summed E-state index contributed by atoms with van der Waals surface area (Å²) in [5.74, 6) is 0.105. The van der Waals surface area contributed by atoms with Crippen LogP contribution in [0.1, 0.15) is 37.7 Å². The van der Waals surface area contributed by atoms with Crippen molar-refractivity contribution in [3.05, 3.63) is 35.9 Å². The van der Waals surface area contributed by atoms with Crippen molar-refractivity contribution in [3.63, 3.8) is 0 Å². The highest BCUT2D eigenvalue weighted by atomic mass is 32.1. The van der Waals surface area contributed by atoms with Crippen molar-refractivity contribution in [1.29, 1.82) is 0 Å². The van der Waals surface area contributed by atoms with E-state index in [9.17, 15) is 4.79 Å². The van der Waals surface area contributed by atoms with E-state index in [0.717, 1.165) is 19.3 Å². The van der Waals surface area contributed by atoms with Crippen LogP contribution in [0.15, 0.2) is 30.3 Å². The van der Waals surface area contributed by atoms with Crippen LogP contribution in [0.5, 0.6) is 0 Å². The van der Waals surface area contributed by atoms with Gasteiger partial charge in [0.2, 0.25) is 5.91 Å². The Bertz CT molecular complexity index is 460. The maximum Gasteiger partial charge on any atom is 0.230 e. The van der Waals surface area contributed by atoms with Crippen LogP contribution in [0.25, 0.3) is 0 Å². The zero-order valence-electron chi connectivity index (χ0n) is 11.1. The van der Waals surface area contributed by atoms with Crippen LogP contribution in [-0.2, 0) is 4.79 Å². The Balaban J connectivity index is 1.89. The van der Waals surface area contributed by atoms with E-state index in [1.165, 1.54) is 5.56 Å². The molecule has 3 unspecified atom stereocenters. The van der Waals surface area contributed by atoms with Gasteiger partial charge >= 0.3 is 0 Å². The molecule has 3 N–H and O–H groups in total. The first kappa shape index (κ1) is 14.0. The number of rotatable bonds is 6. The molecule has 0 saturated heterocycles. The van der Waals surface area contributed by atoms with Gasteiger partial charge in [0.1, 0.15) is 0 Å². The fraction of sp³-hybridized carbons (Fsp3) is 0.467. The minimum Gasteiger partial charge on any atom is -0.393 e. The molecule has 0 spiro atoms. The standard InChI is InChI=1S/C15H20N2OS/c1-2-6-11(14(16)19)15(18)17-13-9-12(13)10-7-4-3-5-8-10/h3-5,7-8,11-13H,2,6,9H2,1H3,(H2,16,19)(H,17,18). The Morgan fingerprint density at radius 3 is 2.74 bits per heavy atom. The molecule has 1 aromatic carbocycles. The van der Waals surface area contributed by atoms with E-state index in [1.807, 2.05) is 25.1 Å². The highest BCUT2D eigenvalue weighted by Crippen LogP contribution is 2.40. The third-order valence-corrected chi connectivity index (χ3v) is 3.87. The molecule has 1 aromatic rings. The minimum absolute atomic E-state index is 0.0159. The number of hydrogen-bond acceptors (Lipinski definition) is 2. The van der Waals surface area contributed by atoms with Crippen molar-refractivity contribution in [1.82, 2.24) is 5.32 Å². The van der Waals surface area contributed by atoms with E-state index < -0.39 is 0 Å². The first-order valence-corrected chi connectivity index (χ1v) is 7.19. The molecule has 19 heavy (non-hydrogen) atoms. The van der Waals surface area contributed by atoms with E-state index in [-0.39, 0.29) is 17.9 Å². The molecule has 1 fully saturated rings. The van der Waals surface area contributed by atoms with E-state index in [2.05, 4.69) is 17.4 Å². The maximum absolute atomic E-state index is 12.1. The van der Waals surface area contributed by atoms with Crippen LogP contribution < -0.4 is 11.1 Å². The number of amides is 1. The Labute approximate surface area is 119 Å². The van der Waals surface area contributed by atoms with Crippen LogP contribution >= 0.6 is 12.2 Å². The number of nitrogens with two attached hydrogens (primary N) is 1. The molecule has 2 rings (SSSR count). The molecule has 4 heteroatoms. The Hall–Kier alpha value is -1.42. The molecule has 0 aliphatic heterocycles. The summed E-state index contributed by atoms with van der Waals surface area (Å²) in [6, 6.07) is 10.5. The largest absolute Gasteiger partial charge is 0.393 e. The fourth-order valence-corrected chi connectivity index (χ4v) is 2.62. The topological polar surface area (TPSA) is 55.1 Å². The average Bonchev–Trinajstić information content (AvgIpc) is 3.15. The summed E-state index contributed by atoms with van der Waals surface area (Å²) in [6.07, 6.45) is 2.64. The van der Waals surface area contributed by atoms with Crippen molar-refractivity contribution < 1.29 is 4.79 Å². The lowest BCUT2D eigenvalue weighted by atomic mass is 10.0. The lowest BCUT2D eigenvalue weighted by molar-refractivity contribution is -0.123. The molecule has 1 amide bonds. The quantitative estimate of drug-likeness (QED) is 0.784. The van der Waals surface area contributed by atoms with Gasteiger partial charge in [-0.3, -0.25) is 4.79 Å². The van der Waals surface area contributed by atoms with Crippen LogP contribution in [0, 0.1) is 5.92 Å². The second kappa shape index (κ2) is 6.15. The second-order valence-corrected chi connectivity index (χ2v) is 5.58. The van der Waals surface area contributed by atoms with Crippen molar-refractivity contribution in [3.8, 4) is 0 Å². The number of benzene rings is 1. The molecule has 1 saturated carbocycles. The first-order chi connectivity index (χ1) is 9.13. The van der Waals surface area contributed by atoms with Crippen molar-refractivity contribution in [2.45, 2.75) is 38.1 Å². The van der Waals surface area contributed by atoms with E-state index in [1.54, 1.807) is 0 Å². The summed E-state index contributed by atoms with van der Waals surface area (Å²) in [7, 11) is 0. The van der Waals surface area contributed by atoms with Gasteiger partial charge in [0, 0.05) is 12.0 Å². The Morgan fingerprint density at radius 2 is 2.16 bits per heavy atom. The Kier molecular flexibility index (Phi) is 4.53. The number of carbonyl (C=O) groups is 1. The lowest BCUT2D eigenvalue weighted by Gasteiger charge is -2.14. The Morgan fingerprint density at radius 1 is 1.47 bits per heavy atom. The summed E-state index contributed by atoms with van der Waals surface area (Å²) in [5.41, 5.74) is 6.92. The predicted molar refractivity (Wildman–Crippen MR) is 80.9 cm³/mol. The normalized spacial score (nSPS) is 22.6. The summed E-state index contributed by atoms with van der Waals surface area (Å²) in [6.45, 7) is 2.03. The van der Waals surface area contributed by atoms with Gasteiger partial charge in [-0.1, -0.05) is 55.9 Å². The molecule has 3 nitrogen and oxygen atoms in total. The van der Waals surface area contributed by atoms with Crippen LogP contribution in [0.4, 0.5) is 0 Å². The van der Waals surface area contributed by atoms with Crippen molar-refractivity contribution in [2.24, 2.45) is 11.7 Å². The monoisotopic (exact) mass is 276 g/mol. The zero-order chi connectivity index (χ0) is 13.8. The molecule has 0 bridgehead atoms. The zero-order valence-corrected chi connectivity index (χ0v) is 12.0. The van der Waals surface area contributed by atoms with Gasteiger partial charge in [-0.25, -0.2) is 0 Å². The van der Waals surface area contributed by atoms with Crippen molar-refractivity contribution >= 4 is 23.1 Å². The maximum atomic E-state index is 12.1. The van der Waals surface area contributed by atoms with Gasteiger partial charge in [-0.05, 0) is 18.4 Å². The van der Waals surface area contributed by atoms with Gasteiger partial charge in [0.25, 0.3) is 0 Å². The van der Waals surface area contributed by atoms with Crippen LogP contribution in [0.2, 0.25) is 0 Å². The van der Waals surface area contributed by atoms with E-state index >= 15 is 0 Å². The van der Waals surface area contributed by atoms with E-state index in [0.29, 0.717) is 10.9 Å². The van der Waals surface area contributed by atoms with Crippen molar-refractivity contribution in [2.75, 3.05) is 0 Å². The van der Waals surface area contributed by atoms with Crippen LogP contribution in [-0.4, -0.2) is 16.9 Å². The first-order valence-electron chi connectivity index (χ1n) is 6.78.